The number of fused-ring (bicyclic) bond motifs is 1. The summed E-state index contributed by atoms with van der Waals surface area (Å²) in [6.07, 6.45) is 8.95. The Bertz CT molecular complexity index is 1130. The third-order valence-corrected chi connectivity index (χ3v) is 4.74. The number of aromatic nitrogens is 2. The average Bonchev–Trinajstić information content (AvgIpc) is 3.24. The van der Waals surface area contributed by atoms with Crippen molar-refractivity contribution in [1.82, 2.24) is 9.97 Å². The van der Waals surface area contributed by atoms with Gasteiger partial charge in [-0.05, 0) is 24.3 Å². The van der Waals surface area contributed by atoms with Gasteiger partial charge in [0.2, 0.25) is 0 Å². The van der Waals surface area contributed by atoms with Gasteiger partial charge in [0.15, 0.2) is 0 Å². The van der Waals surface area contributed by atoms with Gasteiger partial charge in [-0.25, -0.2) is 14.4 Å². The van der Waals surface area contributed by atoms with Crippen molar-refractivity contribution in [1.29, 1.82) is 5.26 Å². The summed E-state index contributed by atoms with van der Waals surface area (Å²) in [5.74, 6) is -0.0607. The number of rotatable bonds is 5. The summed E-state index contributed by atoms with van der Waals surface area (Å²) in [4.78, 5) is 9.83. The lowest BCUT2D eigenvalue weighted by atomic mass is 10.1. The molecule has 9 heteroatoms. The van der Waals surface area contributed by atoms with E-state index in [1.54, 1.807) is 6.07 Å². The van der Waals surface area contributed by atoms with E-state index in [4.69, 9.17) is 5.73 Å². The first-order valence-corrected chi connectivity index (χ1v) is 10.2. The molecule has 1 aliphatic rings. The van der Waals surface area contributed by atoms with Crippen LogP contribution in [0.4, 0.5) is 33.1 Å². The molecule has 1 unspecified atom stereocenters. The summed E-state index contributed by atoms with van der Waals surface area (Å²) in [5, 5.41) is 25.5. The Labute approximate surface area is 192 Å². The fourth-order valence-electron chi connectivity index (χ4n) is 3.43. The molecule has 0 bridgehead atoms. The molecular weight excluding hydrogens is 421 g/mol. The number of nitrogens with two attached hydrogens (primary N) is 1. The minimum atomic E-state index is -0.474. The molecule has 5 N–H and O–H groups in total. The Morgan fingerprint density at radius 3 is 2.55 bits per heavy atom. The zero-order chi connectivity index (χ0) is 24.4. The molecule has 4 rings (SSSR count). The number of aliphatic hydroxyl groups is 1. The fraction of sp³-hybridized carbons (Fsp3) is 0.208. The molecular formula is C24H26FN7O. The van der Waals surface area contributed by atoms with E-state index in [9.17, 15) is 14.8 Å². The Morgan fingerprint density at radius 1 is 1.21 bits per heavy atom. The molecule has 3 aromatic rings. The van der Waals surface area contributed by atoms with E-state index >= 15 is 0 Å². The first-order valence-electron chi connectivity index (χ1n) is 10.2. The highest BCUT2D eigenvalue weighted by molar-refractivity contribution is 5.85. The van der Waals surface area contributed by atoms with Crippen LogP contribution in [0, 0.1) is 30.0 Å². The van der Waals surface area contributed by atoms with Crippen LogP contribution >= 0.6 is 0 Å². The molecule has 1 aliphatic heterocycles. The Hall–Kier alpha value is -4.34. The van der Waals surface area contributed by atoms with Gasteiger partial charge in [-0.3, -0.25) is 0 Å². The van der Waals surface area contributed by atoms with E-state index < -0.39 is 12.4 Å². The van der Waals surface area contributed by atoms with Gasteiger partial charge in [0.05, 0.1) is 24.5 Å². The van der Waals surface area contributed by atoms with Crippen molar-refractivity contribution < 1.29 is 9.50 Å². The van der Waals surface area contributed by atoms with Crippen LogP contribution in [0.25, 0.3) is 0 Å². The number of hydrogen-bond acceptors (Lipinski definition) is 8. The molecule has 0 aliphatic carbocycles. The average molecular weight is 448 g/mol. The predicted molar refractivity (Wildman–Crippen MR) is 129 cm³/mol. The van der Waals surface area contributed by atoms with E-state index in [0.717, 1.165) is 5.69 Å². The molecule has 0 saturated carbocycles. The van der Waals surface area contributed by atoms with Gasteiger partial charge in [0.1, 0.15) is 41.6 Å². The number of halogens is 1. The van der Waals surface area contributed by atoms with Gasteiger partial charge in [0, 0.05) is 11.3 Å². The van der Waals surface area contributed by atoms with E-state index in [2.05, 4.69) is 33.4 Å². The zero-order valence-electron chi connectivity index (χ0n) is 18.5. The Morgan fingerprint density at radius 2 is 1.91 bits per heavy atom. The molecule has 1 aromatic heterocycles. The molecule has 0 spiro atoms. The second-order valence-corrected chi connectivity index (χ2v) is 6.42. The van der Waals surface area contributed by atoms with Gasteiger partial charge < -0.3 is 26.4 Å². The number of nitrogens with one attached hydrogen (secondary N) is 2. The smallest absolute Gasteiger partial charge is 0.149 e. The quantitative estimate of drug-likeness (QED) is 0.435. The van der Waals surface area contributed by atoms with Crippen molar-refractivity contribution in [3.63, 3.8) is 0 Å². The lowest BCUT2D eigenvalue weighted by Gasteiger charge is -2.28. The molecule has 2 aromatic carbocycles. The molecule has 0 amide bonds. The lowest BCUT2D eigenvalue weighted by molar-refractivity contribution is 0.276. The number of benzene rings is 2. The number of aliphatic hydroxyl groups excluding tert-OH is 1. The number of para-hydroxylation sites is 1. The SMILES string of the molecule is C#C.CC.N#Cc1c(N)ncnc1NCC1Nc2ccc(F)c(CO)c2N1c1ccccc1. The monoisotopic (exact) mass is 447 g/mol. The molecule has 0 radical (unpaired) electrons. The number of terminal acetylenes is 1. The van der Waals surface area contributed by atoms with Gasteiger partial charge in [-0.15, -0.1) is 12.8 Å². The van der Waals surface area contributed by atoms with Crippen LogP contribution in [-0.2, 0) is 6.61 Å². The van der Waals surface area contributed by atoms with Gasteiger partial charge in [0.25, 0.3) is 0 Å². The highest BCUT2D eigenvalue weighted by Gasteiger charge is 2.33. The maximum Gasteiger partial charge on any atom is 0.149 e. The van der Waals surface area contributed by atoms with Crippen LogP contribution in [0.1, 0.15) is 25.0 Å². The molecule has 0 fully saturated rings. The Balaban J connectivity index is 0.000000914. The van der Waals surface area contributed by atoms with Crippen molar-refractivity contribution >= 4 is 28.7 Å². The van der Waals surface area contributed by atoms with Crippen LogP contribution in [0.3, 0.4) is 0 Å². The molecule has 1 atom stereocenters. The first kappa shape index (κ1) is 24.9. The van der Waals surface area contributed by atoms with Gasteiger partial charge in [-0.1, -0.05) is 32.0 Å². The first-order chi connectivity index (χ1) is 16.1. The maximum atomic E-state index is 14.4. The van der Waals surface area contributed by atoms with Crippen LogP contribution in [0.2, 0.25) is 0 Å². The number of nitrogen functional groups attached to an aromatic ring is 1. The van der Waals surface area contributed by atoms with Crippen molar-refractivity contribution in [2.75, 3.05) is 27.8 Å². The van der Waals surface area contributed by atoms with E-state index in [0.29, 0.717) is 23.7 Å². The number of hydrogen-bond donors (Lipinski definition) is 4. The molecule has 0 saturated heterocycles. The van der Waals surface area contributed by atoms with Crippen molar-refractivity contribution in [2.45, 2.75) is 26.6 Å². The second kappa shape index (κ2) is 11.9. The number of nitrogens with zero attached hydrogens (tertiary/aromatic N) is 4. The summed E-state index contributed by atoms with van der Waals surface area (Å²) in [6.45, 7) is 3.89. The van der Waals surface area contributed by atoms with E-state index in [1.165, 1.54) is 12.4 Å². The molecule has 2 heterocycles. The predicted octanol–water partition coefficient (Wildman–Crippen LogP) is 3.84. The van der Waals surface area contributed by atoms with Crippen LogP contribution in [0.15, 0.2) is 48.8 Å². The van der Waals surface area contributed by atoms with Crippen molar-refractivity contribution in [3.05, 3.63) is 65.7 Å². The highest BCUT2D eigenvalue weighted by atomic mass is 19.1. The third-order valence-electron chi connectivity index (χ3n) is 4.74. The normalized spacial score (nSPS) is 13.2. The summed E-state index contributed by atoms with van der Waals surface area (Å²) in [6, 6.07) is 14.4. The van der Waals surface area contributed by atoms with Crippen LogP contribution in [-0.4, -0.2) is 27.8 Å². The molecule has 33 heavy (non-hydrogen) atoms. The van der Waals surface area contributed by atoms with Crippen molar-refractivity contribution in [3.8, 4) is 18.9 Å². The largest absolute Gasteiger partial charge is 0.391 e. The summed E-state index contributed by atoms with van der Waals surface area (Å²) in [7, 11) is 0. The highest BCUT2D eigenvalue weighted by Crippen LogP contribution is 2.43. The van der Waals surface area contributed by atoms with E-state index in [1.807, 2.05) is 55.1 Å². The second-order valence-electron chi connectivity index (χ2n) is 6.42. The number of anilines is 5. The van der Waals surface area contributed by atoms with Gasteiger partial charge >= 0.3 is 0 Å². The minimum absolute atomic E-state index is 0.0946. The third kappa shape index (κ3) is 5.12. The summed E-state index contributed by atoms with van der Waals surface area (Å²) < 4.78 is 14.4. The lowest BCUT2D eigenvalue weighted by Crippen LogP contribution is -2.38. The van der Waals surface area contributed by atoms with E-state index in [-0.39, 0.29) is 23.1 Å². The standard InChI is InChI=1S/C20H18FN7O.C2H6.C2H2/c21-15-6-7-16-18(14(15)10-29)28(12-4-2-1-3-5-12)17(27-16)9-24-20-13(8-22)19(23)25-11-26-20;2*1-2/h1-7,11,17,27,29H,9-10H2,(H3,23,24,25,26);1-2H3;1-2H. The summed E-state index contributed by atoms with van der Waals surface area (Å²) in [5.41, 5.74) is 8.23. The minimum Gasteiger partial charge on any atom is -0.391 e. The van der Waals surface area contributed by atoms with Crippen LogP contribution in [0.5, 0.6) is 0 Å². The Kier molecular flexibility index (Phi) is 8.98. The van der Waals surface area contributed by atoms with Crippen LogP contribution < -0.4 is 21.3 Å². The summed E-state index contributed by atoms with van der Waals surface area (Å²) >= 11 is 0. The zero-order valence-corrected chi connectivity index (χ0v) is 18.5. The maximum absolute atomic E-state index is 14.4. The fourth-order valence-corrected chi connectivity index (χ4v) is 3.43. The van der Waals surface area contributed by atoms with Crippen molar-refractivity contribution in [2.24, 2.45) is 0 Å². The molecule has 170 valence electrons. The number of nitriles is 1. The van der Waals surface area contributed by atoms with Gasteiger partial charge in [-0.2, -0.15) is 5.26 Å². The topological polar surface area (TPSA) is 123 Å². The molecule has 8 nitrogen and oxygen atoms in total.